The fraction of sp³-hybridized carbons (Fsp3) is 0.750. The van der Waals surface area contributed by atoms with E-state index in [9.17, 15) is 13.2 Å². The van der Waals surface area contributed by atoms with Gasteiger partial charge in [0.25, 0.3) is 0 Å². The molecule has 1 heterocycles. The van der Waals surface area contributed by atoms with Crippen LogP contribution in [0, 0.1) is 5.92 Å². The average Bonchev–Trinajstić information content (AvgIpc) is 3.03. The van der Waals surface area contributed by atoms with E-state index in [1.54, 1.807) is 7.05 Å². The molecule has 2 rings (SSSR count). The molecule has 144 valence electrons. The summed E-state index contributed by atoms with van der Waals surface area (Å²) in [4.78, 5) is 7.76. The van der Waals surface area contributed by atoms with Gasteiger partial charge in [0.15, 0.2) is 11.7 Å². The van der Waals surface area contributed by atoms with Crippen LogP contribution in [0.4, 0.5) is 13.2 Å². The number of nitrogens with zero attached hydrogens (tertiary/aromatic N) is 2. The van der Waals surface area contributed by atoms with Crippen LogP contribution in [-0.2, 0) is 12.6 Å². The predicted octanol–water partition coefficient (Wildman–Crippen LogP) is 4.46. The summed E-state index contributed by atoms with van der Waals surface area (Å²) in [5.74, 6) is 1.50. The van der Waals surface area contributed by atoms with Gasteiger partial charge in [-0.3, -0.25) is 4.99 Å². The van der Waals surface area contributed by atoms with Crippen molar-refractivity contribution in [2.75, 3.05) is 20.1 Å². The minimum absolute atomic E-state index is 0. The van der Waals surface area contributed by atoms with Crippen LogP contribution in [0.3, 0.4) is 0 Å². The molecule has 0 radical (unpaired) electrons. The number of hydrogen-bond donors (Lipinski definition) is 2. The molecule has 0 saturated heterocycles. The van der Waals surface area contributed by atoms with Gasteiger partial charge in [-0.05, 0) is 12.3 Å². The van der Waals surface area contributed by atoms with Crippen LogP contribution in [0.25, 0.3) is 0 Å². The third-order valence-electron chi connectivity index (χ3n) is 4.27. The van der Waals surface area contributed by atoms with Crippen LogP contribution in [0.1, 0.15) is 49.2 Å². The molecule has 0 aliphatic heterocycles. The number of thiazole rings is 1. The largest absolute Gasteiger partial charge is 0.434 e. The second-order valence-corrected chi connectivity index (χ2v) is 7.04. The molecule has 0 amide bonds. The lowest BCUT2D eigenvalue weighted by molar-refractivity contribution is -0.140. The number of rotatable bonds is 6. The van der Waals surface area contributed by atoms with Crippen molar-refractivity contribution in [3.05, 3.63) is 16.1 Å². The quantitative estimate of drug-likeness (QED) is 0.352. The molecule has 0 spiro atoms. The molecule has 0 atom stereocenters. The standard InChI is InChI=1S/C16H25F3N4S.HI/c1-20-15(21-9-7-12-5-3-2-4-6-12)22-10-8-14-23-13(11-24-14)16(17,18)19;/h11-12H,2-10H2,1H3,(H2,20,21,22);1H. The van der Waals surface area contributed by atoms with Gasteiger partial charge in [-0.15, -0.1) is 35.3 Å². The number of aromatic nitrogens is 1. The number of hydrogen-bond acceptors (Lipinski definition) is 3. The third kappa shape index (κ3) is 8.10. The molecule has 0 unspecified atom stereocenters. The van der Waals surface area contributed by atoms with E-state index in [1.165, 1.54) is 32.1 Å². The maximum Gasteiger partial charge on any atom is 0.434 e. The lowest BCUT2D eigenvalue weighted by Gasteiger charge is -2.22. The van der Waals surface area contributed by atoms with Gasteiger partial charge in [-0.25, -0.2) is 4.98 Å². The molecule has 9 heteroatoms. The van der Waals surface area contributed by atoms with Crippen molar-refractivity contribution in [2.45, 2.75) is 51.1 Å². The maximum absolute atomic E-state index is 12.5. The monoisotopic (exact) mass is 490 g/mol. The van der Waals surface area contributed by atoms with E-state index in [4.69, 9.17) is 0 Å². The van der Waals surface area contributed by atoms with E-state index in [2.05, 4.69) is 20.6 Å². The molecule has 1 aromatic rings. The molecule has 4 nitrogen and oxygen atoms in total. The Kier molecular flexibility index (Phi) is 10.1. The molecule has 1 aliphatic carbocycles. The topological polar surface area (TPSA) is 49.3 Å². The lowest BCUT2D eigenvalue weighted by atomic mass is 9.87. The Balaban J connectivity index is 0.00000312. The van der Waals surface area contributed by atoms with E-state index in [0.717, 1.165) is 35.6 Å². The third-order valence-corrected chi connectivity index (χ3v) is 5.18. The van der Waals surface area contributed by atoms with Crippen LogP contribution in [0.2, 0.25) is 0 Å². The van der Waals surface area contributed by atoms with Crippen LogP contribution in [-0.4, -0.2) is 31.1 Å². The highest BCUT2D eigenvalue weighted by Crippen LogP contribution is 2.30. The summed E-state index contributed by atoms with van der Waals surface area (Å²) in [5.41, 5.74) is -0.808. The van der Waals surface area contributed by atoms with Crippen LogP contribution in [0.15, 0.2) is 10.4 Å². The molecule has 1 aliphatic rings. The summed E-state index contributed by atoms with van der Waals surface area (Å²) < 4.78 is 37.5. The first-order valence-electron chi connectivity index (χ1n) is 8.45. The van der Waals surface area contributed by atoms with Gasteiger partial charge >= 0.3 is 6.18 Å². The molecule has 1 saturated carbocycles. The first-order valence-corrected chi connectivity index (χ1v) is 9.33. The van der Waals surface area contributed by atoms with Gasteiger partial charge in [-0.2, -0.15) is 13.2 Å². The molecular formula is C16H26F3IN4S. The Morgan fingerprint density at radius 3 is 2.52 bits per heavy atom. The number of aliphatic imine (C=N–C) groups is 1. The van der Waals surface area contributed by atoms with Gasteiger partial charge in [0.05, 0.1) is 5.01 Å². The van der Waals surface area contributed by atoms with Crippen molar-refractivity contribution in [1.82, 2.24) is 15.6 Å². The Hall–Kier alpha value is -0.580. The van der Waals surface area contributed by atoms with Gasteiger partial charge < -0.3 is 10.6 Å². The first kappa shape index (κ1) is 22.5. The highest BCUT2D eigenvalue weighted by Gasteiger charge is 2.33. The second-order valence-electron chi connectivity index (χ2n) is 6.09. The van der Waals surface area contributed by atoms with Crippen LogP contribution < -0.4 is 10.6 Å². The smallest absolute Gasteiger partial charge is 0.356 e. The van der Waals surface area contributed by atoms with Crippen molar-refractivity contribution in [1.29, 1.82) is 0 Å². The molecule has 0 aromatic carbocycles. The molecular weight excluding hydrogens is 464 g/mol. The SMILES string of the molecule is CN=C(NCCc1nc(C(F)(F)F)cs1)NCCC1CCCCC1.I. The Morgan fingerprint density at radius 1 is 1.24 bits per heavy atom. The number of guanidine groups is 1. The zero-order valence-corrected chi connectivity index (χ0v) is 17.5. The van der Waals surface area contributed by atoms with Crippen molar-refractivity contribution in [3.8, 4) is 0 Å². The predicted molar refractivity (Wildman–Crippen MR) is 107 cm³/mol. The fourth-order valence-electron chi connectivity index (χ4n) is 2.93. The van der Waals surface area contributed by atoms with E-state index >= 15 is 0 Å². The van der Waals surface area contributed by atoms with Crippen LogP contribution >= 0.6 is 35.3 Å². The Labute approximate surface area is 168 Å². The molecule has 0 bridgehead atoms. The highest BCUT2D eigenvalue weighted by molar-refractivity contribution is 14.0. The maximum atomic E-state index is 12.5. The minimum atomic E-state index is -4.36. The highest BCUT2D eigenvalue weighted by atomic mass is 127. The van der Waals surface area contributed by atoms with Crippen LogP contribution in [0.5, 0.6) is 0 Å². The van der Waals surface area contributed by atoms with Crippen molar-refractivity contribution >= 4 is 41.3 Å². The number of alkyl halides is 3. The van der Waals surface area contributed by atoms with Gasteiger partial charge in [0.1, 0.15) is 0 Å². The molecule has 1 fully saturated rings. The second kappa shape index (κ2) is 11.2. The summed E-state index contributed by atoms with van der Waals surface area (Å²) in [6, 6.07) is 0. The number of halogens is 4. The fourth-order valence-corrected chi connectivity index (χ4v) is 3.74. The Morgan fingerprint density at radius 2 is 1.92 bits per heavy atom. The number of nitrogens with one attached hydrogen (secondary N) is 2. The molecule has 1 aromatic heterocycles. The zero-order valence-electron chi connectivity index (χ0n) is 14.4. The average molecular weight is 490 g/mol. The zero-order chi connectivity index (χ0) is 17.4. The van der Waals surface area contributed by atoms with Crippen molar-refractivity contribution in [2.24, 2.45) is 10.9 Å². The molecule has 2 N–H and O–H groups in total. The lowest BCUT2D eigenvalue weighted by Crippen LogP contribution is -2.39. The van der Waals surface area contributed by atoms with Gasteiger partial charge in [-0.1, -0.05) is 32.1 Å². The molecule has 25 heavy (non-hydrogen) atoms. The summed E-state index contributed by atoms with van der Waals surface area (Å²) in [6.07, 6.45) is 3.90. The van der Waals surface area contributed by atoms with E-state index < -0.39 is 11.9 Å². The van der Waals surface area contributed by atoms with E-state index in [0.29, 0.717) is 23.9 Å². The summed E-state index contributed by atoms with van der Waals surface area (Å²) in [6.45, 7) is 1.38. The van der Waals surface area contributed by atoms with E-state index in [1.807, 2.05) is 0 Å². The normalized spacial score (nSPS) is 16.4. The summed E-state index contributed by atoms with van der Waals surface area (Å²) in [7, 11) is 1.70. The minimum Gasteiger partial charge on any atom is -0.356 e. The van der Waals surface area contributed by atoms with Gasteiger partial charge in [0.2, 0.25) is 0 Å². The van der Waals surface area contributed by atoms with Crippen molar-refractivity contribution in [3.63, 3.8) is 0 Å². The summed E-state index contributed by atoms with van der Waals surface area (Å²) in [5, 5.41) is 7.94. The van der Waals surface area contributed by atoms with Crippen molar-refractivity contribution < 1.29 is 13.2 Å². The van der Waals surface area contributed by atoms with E-state index in [-0.39, 0.29) is 24.0 Å². The Bertz CT molecular complexity index is 528. The first-order chi connectivity index (χ1) is 11.5. The summed E-state index contributed by atoms with van der Waals surface area (Å²) >= 11 is 1.04. The van der Waals surface area contributed by atoms with Gasteiger partial charge in [0, 0.05) is 31.9 Å².